The number of carbonyl (C=O) groups excluding carboxylic acids is 2. The molecule has 0 saturated heterocycles. The van der Waals surface area contributed by atoms with Crippen molar-refractivity contribution < 1.29 is 18.7 Å². The third kappa shape index (κ3) is 3.35. The van der Waals surface area contributed by atoms with Gasteiger partial charge in [0.05, 0.1) is 12.7 Å². The van der Waals surface area contributed by atoms with Gasteiger partial charge in [0.25, 0.3) is 11.7 Å². The van der Waals surface area contributed by atoms with Crippen molar-refractivity contribution in [3.8, 4) is 5.75 Å². The SMILES string of the molecule is COc1ccc(F)cc1C(=O)C(=O)NC1CCCCC1. The molecule has 0 bridgehead atoms. The average molecular weight is 279 g/mol. The van der Waals surface area contributed by atoms with Gasteiger partial charge in [0.15, 0.2) is 0 Å². The highest BCUT2D eigenvalue weighted by Crippen LogP contribution is 2.21. The molecule has 1 saturated carbocycles. The van der Waals surface area contributed by atoms with Crippen molar-refractivity contribution >= 4 is 11.7 Å². The van der Waals surface area contributed by atoms with E-state index in [1.165, 1.54) is 19.2 Å². The summed E-state index contributed by atoms with van der Waals surface area (Å²) in [4.78, 5) is 24.0. The molecule has 0 unspecified atom stereocenters. The van der Waals surface area contributed by atoms with Crippen molar-refractivity contribution in [2.45, 2.75) is 38.1 Å². The Hall–Kier alpha value is -1.91. The first-order valence-electron chi connectivity index (χ1n) is 6.80. The summed E-state index contributed by atoms with van der Waals surface area (Å²) in [5.74, 6) is -1.82. The Morgan fingerprint density at radius 1 is 1.25 bits per heavy atom. The zero-order chi connectivity index (χ0) is 14.5. The van der Waals surface area contributed by atoms with Crippen LogP contribution in [0.5, 0.6) is 5.75 Å². The zero-order valence-corrected chi connectivity index (χ0v) is 11.4. The normalized spacial score (nSPS) is 15.7. The molecule has 0 aromatic heterocycles. The molecule has 1 aliphatic rings. The zero-order valence-electron chi connectivity index (χ0n) is 11.4. The maximum Gasteiger partial charge on any atom is 0.292 e. The van der Waals surface area contributed by atoms with Crippen LogP contribution in [0.4, 0.5) is 4.39 Å². The van der Waals surface area contributed by atoms with Crippen LogP contribution in [-0.4, -0.2) is 24.8 Å². The third-order valence-electron chi connectivity index (χ3n) is 3.55. The van der Waals surface area contributed by atoms with Gasteiger partial charge in [0, 0.05) is 6.04 Å². The summed E-state index contributed by atoms with van der Waals surface area (Å²) in [5.41, 5.74) is -0.0409. The van der Waals surface area contributed by atoms with Crippen molar-refractivity contribution in [1.82, 2.24) is 5.32 Å². The second-order valence-corrected chi connectivity index (χ2v) is 4.98. The molecule has 0 spiro atoms. The molecule has 1 aromatic rings. The first-order chi connectivity index (χ1) is 9.61. The number of Topliss-reactive ketones (excluding diaryl/α,β-unsaturated/α-hetero) is 1. The standard InChI is InChI=1S/C15H18FNO3/c1-20-13-8-7-10(16)9-12(13)14(18)15(19)17-11-5-3-2-4-6-11/h7-9,11H,2-6H2,1H3,(H,17,19). The summed E-state index contributed by atoms with van der Waals surface area (Å²) in [7, 11) is 1.38. The number of carbonyl (C=O) groups is 2. The molecule has 0 heterocycles. The Morgan fingerprint density at radius 3 is 2.60 bits per heavy atom. The first kappa shape index (κ1) is 14.5. The third-order valence-corrected chi connectivity index (χ3v) is 3.55. The minimum absolute atomic E-state index is 0.0409. The molecule has 1 fully saturated rings. The van der Waals surface area contributed by atoms with E-state index in [0.29, 0.717) is 0 Å². The number of ketones is 1. The van der Waals surface area contributed by atoms with E-state index in [2.05, 4.69) is 5.32 Å². The van der Waals surface area contributed by atoms with Crippen LogP contribution in [0.15, 0.2) is 18.2 Å². The summed E-state index contributed by atoms with van der Waals surface area (Å²) >= 11 is 0. The highest BCUT2D eigenvalue weighted by Gasteiger charge is 2.24. The summed E-state index contributed by atoms with van der Waals surface area (Å²) in [5, 5.41) is 2.72. The summed E-state index contributed by atoms with van der Waals surface area (Å²) in [6.07, 6.45) is 5.06. The van der Waals surface area contributed by atoms with Gasteiger partial charge >= 0.3 is 0 Å². The Kier molecular flexibility index (Phi) is 4.71. The Balaban J connectivity index is 2.09. The van der Waals surface area contributed by atoms with Gasteiger partial charge in [-0.05, 0) is 31.0 Å². The molecule has 1 aliphatic carbocycles. The molecule has 1 amide bonds. The number of hydrogen-bond acceptors (Lipinski definition) is 3. The Bertz CT molecular complexity index is 510. The predicted octanol–water partition coefficient (Wildman–Crippen LogP) is 2.47. The number of halogens is 1. The monoisotopic (exact) mass is 279 g/mol. The van der Waals surface area contributed by atoms with Crippen LogP contribution >= 0.6 is 0 Å². The fraction of sp³-hybridized carbons (Fsp3) is 0.467. The number of amides is 1. The lowest BCUT2D eigenvalue weighted by Crippen LogP contribution is -2.40. The molecule has 0 atom stereocenters. The van der Waals surface area contributed by atoms with Crippen molar-refractivity contribution in [2.24, 2.45) is 0 Å². The Labute approximate surface area is 117 Å². The maximum atomic E-state index is 13.2. The molecule has 2 rings (SSSR count). The molecule has 4 nitrogen and oxygen atoms in total. The van der Waals surface area contributed by atoms with Crippen molar-refractivity contribution in [3.05, 3.63) is 29.6 Å². The lowest BCUT2D eigenvalue weighted by Gasteiger charge is -2.22. The van der Waals surface area contributed by atoms with Crippen LogP contribution in [0.2, 0.25) is 0 Å². The van der Waals surface area contributed by atoms with Gasteiger partial charge in [-0.2, -0.15) is 0 Å². The van der Waals surface area contributed by atoms with Crippen molar-refractivity contribution in [1.29, 1.82) is 0 Å². The lowest BCUT2D eigenvalue weighted by molar-refractivity contribution is -0.117. The fourth-order valence-electron chi connectivity index (χ4n) is 2.48. The highest BCUT2D eigenvalue weighted by molar-refractivity contribution is 6.43. The van der Waals surface area contributed by atoms with Gasteiger partial charge < -0.3 is 10.1 Å². The molecule has 0 aliphatic heterocycles. The lowest BCUT2D eigenvalue weighted by atomic mass is 9.95. The van der Waals surface area contributed by atoms with E-state index in [9.17, 15) is 14.0 Å². The van der Waals surface area contributed by atoms with Gasteiger partial charge in [-0.1, -0.05) is 19.3 Å². The van der Waals surface area contributed by atoms with Crippen LogP contribution in [0, 0.1) is 5.82 Å². The molecule has 20 heavy (non-hydrogen) atoms. The molecule has 1 aromatic carbocycles. The van der Waals surface area contributed by atoms with Crippen LogP contribution in [0.1, 0.15) is 42.5 Å². The number of hydrogen-bond donors (Lipinski definition) is 1. The molecular weight excluding hydrogens is 261 g/mol. The van der Waals surface area contributed by atoms with Crippen LogP contribution in [0.25, 0.3) is 0 Å². The Morgan fingerprint density at radius 2 is 1.95 bits per heavy atom. The van der Waals surface area contributed by atoms with E-state index in [1.807, 2.05) is 0 Å². The van der Waals surface area contributed by atoms with E-state index >= 15 is 0 Å². The summed E-state index contributed by atoms with van der Waals surface area (Å²) < 4.78 is 18.2. The predicted molar refractivity (Wildman–Crippen MR) is 72.3 cm³/mol. The molecule has 1 N–H and O–H groups in total. The van der Waals surface area contributed by atoms with E-state index in [1.54, 1.807) is 0 Å². The van der Waals surface area contributed by atoms with E-state index in [-0.39, 0.29) is 17.4 Å². The quantitative estimate of drug-likeness (QED) is 0.680. The largest absolute Gasteiger partial charge is 0.496 e. The van der Waals surface area contributed by atoms with Crippen LogP contribution < -0.4 is 10.1 Å². The fourth-order valence-corrected chi connectivity index (χ4v) is 2.48. The minimum Gasteiger partial charge on any atom is -0.496 e. The number of ether oxygens (including phenoxy) is 1. The number of benzene rings is 1. The molecular formula is C15H18FNO3. The minimum atomic E-state index is -0.757. The average Bonchev–Trinajstić information content (AvgIpc) is 2.47. The van der Waals surface area contributed by atoms with E-state index in [0.717, 1.165) is 38.2 Å². The number of rotatable bonds is 4. The van der Waals surface area contributed by atoms with Crippen molar-refractivity contribution in [2.75, 3.05) is 7.11 Å². The highest BCUT2D eigenvalue weighted by atomic mass is 19.1. The summed E-state index contributed by atoms with van der Waals surface area (Å²) in [6, 6.07) is 3.60. The van der Waals surface area contributed by atoms with Gasteiger partial charge in [0.1, 0.15) is 11.6 Å². The number of methoxy groups -OCH3 is 1. The molecule has 0 radical (unpaired) electrons. The van der Waals surface area contributed by atoms with Gasteiger partial charge in [-0.15, -0.1) is 0 Å². The maximum absolute atomic E-state index is 13.2. The molecule has 5 heteroatoms. The molecule has 108 valence electrons. The van der Waals surface area contributed by atoms with Crippen LogP contribution in [0.3, 0.4) is 0 Å². The van der Waals surface area contributed by atoms with Crippen LogP contribution in [-0.2, 0) is 4.79 Å². The smallest absolute Gasteiger partial charge is 0.292 e. The first-order valence-corrected chi connectivity index (χ1v) is 6.80. The summed E-state index contributed by atoms with van der Waals surface area (Å²) in [6.45, 7) is 0. The van der Waals surface area contributed by atoms with Gasteiger partial charge in [0.2, 0.25) is 0 Å². The van der Waals surface area contributed by atoms with Gasteiger partial charge in [-0.3, -0.25) is 9.59 Å². The van der Waals surface area contributed by atoms with Gasteiger partial charge in [-0.25, -0.2) is 4.39 Å². The topological polar surface area (TPSA) is 55.4 Å². The second kappa shape index (κ2) is 6.50. The second-order valence-electron chi connectivity index (χ2n) is 4.98. The van der Waals surface area contributed by atoms with E-state index in [4.69, 9.17) is 4.74 Å². The van der Waals surface area contributed by atoms with E-state index < -0.39 is 17.5 Å². The van der Waals surface area contributed by atoms with Crippen molar-refractivity contribution in [3.63, 3.8) is 0 Å². The number of nitrogens with one attached hydrogen (secondary N) is 1.